The fourth-order valence-electron chi connectivity index (χ4n) is 0.954. The van der Waals surface area contributed by atoms with Crippen LogP contribution in [0.4, 0.5) is 5.13 Å². The van der Waals surface area contributed by atoms with Gasteiger partial charge in [0.05, 0.1) is 5.69 Å². The molecule has 0 aliphatic rings. The monoisotopic (exact) mass is 235 g/mol. The van der Waals surface area contributed by atoms with Gasteiger partial charge in [0.2, 0.25) is 0 Å². The highest BCUT2D eigenvalue weighted by atomic mass is 32.2. The standard InChI is InChI=1S/C7H13N3O2S2/c1-3-4-9-14(11,12)6-5(2)10-7(8)13-6/h9H,3-4H2,1-2H3,(H2,8,10). The van der Waals surface area contributed by atoms with Gasteiger partial charge in [0.25, 0.3) is 10.0 Å². The van der Waals surface area contributed by atoms with Gasteiger partial charge in [0, 0.05) is 6.54 Å². The second-order valence-electron chi connectivity index (χ2n) is 2.82. The maximum absolute atomic E-state index is 11.6. The minimum absolute atomic E-state index is 0.212. The van der Waals surface area contributed by atoms with Crippen LogP contribution < -0.4 is 10.5 Å². The smallest absolute Gasteiger partial charge is 0.252 e. The van der Waals surface area contributed by atoms with Crippen LogP contribution in [0.25, 0.3) is 0 Å². The molecule has 0 aromatic carbocycles. The first kappa shape index (κ1) is 11.4. The molecular formula is C7H13N3O2S2. The van der Waals surface area contributed by atoms with Crippen molar-refractivity contribution >= 4 is 26.5 Å². The van der Waals surface area contributed by atoms with Crippen LogP contribution >= 0.6 is 11.3 Å². The summed E-state index contributed by atoms with van der Waals surface area (Å²) in [4.78, 5) is 3.86. The highest BCUT2D eigenvalue weighted by molar-refractivity contribution is 7.91. The highest BCUT2D eigenvalue weighted by Gasteiger charge is 2.19. The summed E-state index contributed by atoms with van der Waals surface area (Å²) in [7, 11) is -3.41. The summed E-state index contributed by atoms with van der Waals surface area (Å²) in [5.74, 6) is 0. The molecule has 0 saturated carbocycles. The molecule has 5 nitrogen and oxygen atoms in total. The molecule has 1 aromatic heterocycles. The van der Waals surface area contributed by atoms with Crippen molar-refractivity contribution in [2.75, 3.05) is 12.3 Å². The van der Waals surface area contributed by atoms with Crippen LogP contribution in [0, 0.1) is 6.92 Å². The van der Waals surface area contributed by atoms with Gasteiger partial charge in [-0.05, 0) is 13.3 Å². The van der Waals surface area contributed by atoms with E-state index in [2.05, 4.69) is 9.71 Å². The first-order valence-corrected chi connectivity index (χ1v) is 6.50. The molecule has 0 spiro atoms. The van der Waals surface area contributed by atoms with Crippen molar-refractivity contribution in [2.45, 2.75) is 24.5 Å². The van der Waals surface area contributed by atoms with E-state index in [1.165, 1.54) is 0 Å². The lowest BCUT2D eigenvalue weighted by molar-refractivity contribution is 0.582. The highest BCUT2D eigenvalue weighted by Crippen LogP contribution is 2.24. The number of aryl methyl sites for hydroxylation is 1. The Labute approximate surface area is 87.4 Å². The van der Waals surface area contributed by atoms with Crippen LogP contribution in [-0.2, 0) is 10.0 Å². The number of hydrogen-bond acceptors (Lipinski definition) is 5. The maximum atomic E-state index is 11.6. The van der Waals surface area contributed by atoms with E-state index in [9.17, 15) is 8.42 Å². The summed E-state index contributed by atoms with van der Waals surface area (Å²) >= 11 is 0.988. The molecule has 1 heterocycles. The maximum Gasteiger partial charge on any atom is 0.252 e. The second-order valence-corrected chi connectivity index (χ2v) is 5.82. The topological polar surface area (TPSA) is 85.1 Å². The molecule has 7 heteroatoms. The van der Waals surface area contributed by atoms with Crippen LogP contribution in [0.15, 0.2) is 4.21 Å². The van der Waals surface area contributed by atoms with Gasteiger partial charge in [-0.1, -0.05) is 18.3 Å². The summed E-state index contributed by atoms with van der Waals surface area (Å²) in [5, 5.41) is 0.277. The Bertz CT molecular complexity index is 411. The van der Waals surface area contributed by atoms with Gasteiger partial charge in [-0.3, -0.25) is 0 Å². The molecule has 0 unspecified atom stereocenters. The molecule has 0 aliphatic carbocycles. The van der Waals surface area contributed by atoms with Gasteiger partial charge in [-0.2, -0.15) is 0 Å². The summed E-state index contributed by atoms with van der Waals surface area (Å²) in [5.41, 5.74) is 5.87. The number of aromatic nitrogens is 1. The number of sulfonamides is 1. The first-order chi connectivity index (χ1) is 6.47. The van der Waals surface area contributed by atoms with Crippen LogP contribution in [-0.4, -0.2) is 19.9 Å². The molecule has 0 saturated heterocycles. The molecule has 0 atom stereocenters. The Balaban J connectivity index is 2.98. The lowest BCUT2D eigenvalue weighted by Crippen LogP contribution is -2.24. The normalized spacial score (nSPS) is 11.9. The Morgan fingerprint density at radius 2 is 2.21 bits per heavy atom. The minimum atomic E-state index is -3.41. The summed E-state index contributed by atoms with van der Waals surface area (Å²) < 4.78 is 25.9. The van der Waals surface area contributed by atoms with Crippen molar-refractivity contribution in [1.82, 2.24) is 9.71 Å². The average Bonchev–Trinajstić information content (AvgIpc) is 2.42. The zero-order valence-electron chi connectivity index (χ0n) is 8.07. The van der Waals surface area contributed by atoms with E-state index >= 15 is 0 Å². The van der Waals surface area contributed by atoms with Crippen molar-refractivity contribution in [1.29, 1.82) is 0 Å². The molecule has 14 heavy (non-hydrogen) atoms. The summed E-state index contributed by atoms with van der Waals surface area (Å²) in [6.07, 6.45) is 0.757. The lowest BCUT2D eigenvalue weighted by Gasteiger charge is -2.02. The van der Waals surface area contributed by atoms with E-state index in [0.29, 0.717) is 12.2 Å². The van der Waals surface area contributed by atoms with Gasteiger partial charge in [0.1, 0.15) is 0 Å². The average molecular weight is 235 g/mol. The van der Waals surface area contributed by atoms with Gasteiger partial charge in [-0.15, -0.1) is 0 Å². The van der Waals surface area contributed by atoms with Crippen LogP contribution in [0.5, 0.6) is 0 Å². The van der Waals surface area contributed by atoms with Gasteiger partial charge < -0.3 is 5.73 Å². The Morgan fingerprint density at radius 3 is 2.64 bits per heavy atom. The first-order valence-electron chi connectivity index (χ1n) is 4.20. The molecule has 0 amide bonds. The van der Waals surface area contributed by atoms with Crippen molar-refractivity contribution in [3.63, 3.8) is 0 Å². The predicted molar refractivity (Wildman–Crippen MR) is 56.7 cm³/mol. The molecule has 1 aromatic rings. The van der Waals surface area contributed by atoms with E-state index < -0.39 is 10.0 Å². The number of rotatable bonds is 4. The van der Waals surface area contributed by atoms with Crippen molar-refractivity contribution < 1.29 is 8.42 Å². The van der Waals surface area contributed by atoms with E-state index in [0.717, 1.165) is 17.8 Å². The Hall–Kier alpha value is -0.660. The second kappa shape index (κ2) is 4.24. The number of nitrogens with zero attached hydrogens (tertiary/aromatic N) is 1. The molecule has 0 fully saturated rings. The van der Waals surface area contributed by atoms with Crippen LogP contribution in [0.3, 0.4) is 0 Å². The van der Waals surface area contributed by atoms with E-state index in [-0.39, 0.29) is 9.34 Å². The van der Waals surface area contributed by atoms with Gasteiger partial charge in [-0.25, -0.2) is 18.1 Å². The molecule has 0 radical (unpaired) electrons. The molecule has 3 N–H and O–H groups in total. The van der Waals surface area contributed by atoms with Crippen LogP contribution in [0.1, 0.15) is 19.0 Å². The largest absolute Gasteiger partial charge is 0.375 e. The zero-order chi connectivity index (χ0) is 10.8. The minimum Gasteiger partial charge on any atom is -0.375 e. The third-order valence-electron chi connectivity index (χ3n) is 1.56. The molecular weight excluding hydrogens is 222 g/mol. The number of nitrogens with one attached hydrogen (secondary N) is 1. The van der Waals surface area contributed by atoms with E-state index in [1.54, 1.807) is 6.92 Å². The molecule has 0 aliphatic heterocycles. The number of nitrogens with two attached hydrogens (primary N) is 1. The van der Waals surface area contributed by atoms with Crippen molar-refractivity contribution in [3.8, 4) is 0 Å². The number of thiazole rings is 1. The fourth-order valence-corrected chi connectivity index (χ4v) is 3.43. The molecule has 1 rings (SSSR count). The third kappa shape index (κ3) is 2.43. The predicted octanol–water partition coefficient (Wildman–Crippen LogP) is 0.722. The summed E-state index contributed by atoms with van der Waals surface area (Å²) in [6, 6.07) is 0. The molecule has 0 bridgehead atoms. The number of hydrogen-bond donors (Lipinski definition) is 2. The Morgan fingerprint density at radius 1 is 1.57 bits per heavy atom. The summed E-state index contributed by atoms with van der Waals surface area (Å²) in [6.45, 7) is 3.96. The Kier molecular flexibility index (Phi) is 3.46. The van der Waals surface area contributed by atoms with E-state index in [4.69, 9.17) is 5.73 Å². The van der Waals surface area contributed by atoms with E-state index in [1.807, 2.05) is 6.92 Å². The fraction of sp³-hybridized carbons (Fsp3) is 0.571. The van der Waals surface area contributed by atoms with Crippen LogP contribution in [0.2, 0.25) is 0 Å². The van der Waals surface area contributed by atoms with Gasteiger partial charge in [0.15, 0.2) is 9.34 Å². The zero-order valence-corrected chi connectivity index (χ0v) is 9.70. The third-order valence-corrected chi connectivity index (χ3v) is 4.61. The SMILES string of the molecule is CCCNS(=O)(=O)c1sc(N)nc1C. The lowest BCUT2D eigenvalue weighted by atomic mass is 10.5. The molecule has 80 valence electrons. The van der Waals surface area contributed by atoms with Crippen molar-refractivity contribution in [2.24, 2.45) is 0 Å². The van der Waals surface area contributed by atoms with Crippen molar-refractivity contribution in [3.05, 3.63) is 5.69 Å². The number of nitrogen functional groups attached to an aromatic ring is 1. The quantitative estimate of drug-likeness (QED) is 0.805. The van der Waals surface area contributed by atoms with Gasteiger partial charge >= 0.3 is 0 Å². The number of anilines is 1.